The first kappa shape index (κ1) is 15.5. The minimum atomic E-state index is -3.65. The van der Waals surface area contributed by atoms with Gasteiger partial charge in [-0.25, -0.2) is 8.42 Å². The van der Waals surface area contributed by atoms with Crippen molar-refractivity contribution in [2.75, 3.05) is 11.3 Å². The number of benzene rings is 2. The highest BCUT2D eigenvalue weighted by Gasteiger charge is 2.15. The molecule has 0 aliphatic rings. The summed E-state index contributed by atoms with van der Waals surface area (Å²) in [7, 11) is -3.65. The third-order valence-electron chi connectivity index (χ3n) is 3.11. The fourth-order valence-corrected chi connectivity index (χ4v) is 3.07. The number of sulfonamides is 1. The molecule has 21 heavy (non-hydrogen) atoms. The Morgan fingerprint density at radius 1 is 1.05 bits per heavy atom. The fraction of sp³-hybridized carbons (Fsp3) is 0.200. The predicted octanol–water partition coefficient (Wildman–Crippen LogP) is 1.48. The lowest BCUT2D eigenvalue weighted by atomic mass is 10.1. The van der Waals surface area contributed by atoms with Crippen LogP contribution in [0.2, 0.25) is 0 Å². The summed E-state index contributed by atoms with van der Waals surface area (Å²) < 4.78 is 27.3. The number of aliphatic hydroxyl groups excluding tert-OH is 1. The van der Waals surface area contributed by atoms with E-state index in [-0.39, 0.29) is 11.5 Å². The van der Waals surface area contributed by atoms with E-state index >= 15 is 0 Å². The first-order valence-electron chi connectivity index (χ1n) is 6.57. The monoisotopic (exact) mass is 306 g/mol. The van der Waals surface area contributed by atoms with Crippen molar-refractivity contribution in [1.29, 1.82) is 0 Å². The lowest BCUT2D eigenvalue weighted by molar-refractivity contribution is 0.300. The Hall–Kier alpha value is -1.89. The van der Waals surface area contributed by atoms with E-state index in [1.807, 2.05) is 0 Å². The molecule has 5 nitrogen and oxygen atoms in total. The predicted molar refractivity (Wildman–Crippen MR) is 82.4 cm³/mol. The Bertz CT molecular complexity index is 697. The summed E-state index contributed by atoms with van der Waals surface area (Å²) in [5, 5.41) is 9.03. The molecule has 0 saturated heterocycles. The van der Waals surface area contributed by atoms with Gasteiger partial charge in [0.25, 0.3) is 10.0 Å². The number of nitrogens with two attached hydrogens (primary N) is 1. The topological polar surface area (TPSA) is 92.4 Å². The largest absolute Gasteiger partial charge is 0.396 e. The first-order chi connectivity index (χ1) is 10.1. The van der Waals surface area contributed by atoms with E-state index in [0.717, 1.165) is 11.1 Å². The maximum absolute atomic E-state index is 12.4. The van der Waals surface area contributed by atoms with Crippen LogP contribution in [0.1, 0.15) is 11.1 Å². The molecule has 2 aromatic carbocycles. The Labute approximate surface area is 124 Å². The summed E-state index contributed by atoms with van der Waals surface area (Å²) in [5.74, 6) is 0. The molecule has 0 amide bonds. The zero-order valence-electron chi connectivity index (χ0n) is 11.5. The lowest BCUT2D eigenvalue weighted by Crippen LogP contribution is -2.14. The third kappa shape index (κ3) is 3.81. The van der Waals surface area contributed by atoms with Crippen LogP contribution in [0.15, 0.2) is 53.4 Å². The van der Waals surface area contributed by atoms with Crippen molar-refractivity contribution >= 4 is 15.7 Å². The van der Waals surface area contributed by atoms with E-state index in [1.54, 1.807) is 36.4 Å². The molecular formula is C15H18N2O3S. The number of nitrogens with one attached hydrogen (secondary N) is 1. The summed E-state index contributed by atoms with van der Waals surface area (Å²) in [6.45, 7) is 0.330. The van der Waals surface area contributed by atoms with Gasteiger partial charge in [-0.15, -0.1) is 0 Å². The van der Waals surface area contributed by atoms with Gasteiger partial charge in [0.2, 0.25) is 0 Å². The summed E-state index contributed by atoms with van der Waals surface area (Å²) in [5.41, 5.74) is 7.60. The van der Waals surface area contributed by atoms with Crippen molar-refractivity contribution in [3.8, 4) is 0 Å². The van der Waals surface area contributed by atoms with Gasteiger partial charge in [0.05, 0.1) is 10.6 Å². The SMILES string of the molecule is NCc1ccc(S(=O)(=O)Nc2ccccc2CCO)cc1. The standard InChI is InChI=1S/C15H18N2O3S/c16-11-12-5-7-14(8-6-12)21(19,20)17-15-4-2-1-3-13(15)9-10-18/h1-8,17-18H,9-11,16H2. The highest BCUT2D eigenvalue weighted by Crippen LogP contribution is 2.20. The van der Waals surface area contributed by atoms with E-state index in [9.17, 15) is 8.42 Å². The van der Waals surface area contributed by atoms with Gasteiger partial charge >= 0.3 is 0 Å². The van der Waals surface area contributed by atoms with Crippen LogP contribution in [0.4, 0.5) is 5.69 Å². The molecule has 0 radical (unpaired) electrons. The summed E-state index contributed by atoms with van der Waals surface area (Å²) in [4.78, 5) is 0.179. The number of hydrogen-bond acceptors (Lipinski definition) is 4. The molecule has 112 valence electrons. The molecule has 4 N–H and O–H groups in total. The molecule has 0 aromatic heterocycles. The van der Waals surface area contributed by atoms with E-state index in [4.69, 9.17) is 10.8 Å². The van der Waals surface area contributed by atoms with Crippen molar-refractivity contribution < 1.29 is 13.5 Å². The number of para-hydroxylation sites is 1. The number of hydrogen-bond donors (Lipinski definition) is 3. The van der Waals surface area contributed by atoms with Gasteiger partial charge in [-0.05, 0) is 35.7 Å². The second-order valence-corrected chi connectivity index (χ2v) is 6.27. The average Bonchev–Trinajstić information content (AvgIpc) is 2.49. The Kier molecular flexibility index (Phi) is 4.95. The van der Waals surface area contributed by atoms with Crippen LogP contribution in [0.25, 0.3) is 0 Å². The molecule has 0 heterocycles. The van der Waals surface area contributed by atoms with Crippen molar-refractivity contribution in [1.82, 2.24) is 0 Å². The van der Waals surface area contributed by atoms with Crippen molar-refractivity contribution in [2.24, 2.45) is 5.73 Å². The van der Waals surface area contributed by atoms with Gasteiger partial charge in [-0.3, -0.25) is 4.72 Å². The van der Waals surface area contributed by atoms with Gasteiger partial charge in [-0.1, -0.05) is 30.3 Å². The molecule has 0 spiro atoms. The lowest BCUT2D eigenvalue weighted by Gasteiger charge is -2.12. The second-order valence-electron chi connectivity index (χ2n) is 4.58. The Morgan fingerprint density at radius 3 is 2.33 bits per heavy atom. The molecule has 0 unspecified atom stereocenters. The smallest absolute Gasteiger partial charge is 0.261 e. The summed E-state index contributed by atoms with van der Waals surface area (Å²) in [6.07, 6.45) is 0.394. The van der Waals surface area contributed by atoms with Crippen LogP contribution < -0.4 is 10.5 Å². The number of anilines is 1. The Balaban J connectivity index is 2.28. The molecule has 0 aliphatic heterocycles. The number of rotatable bonds is 6. The van der Waals surface area contributed by atoms with Crippen LogP contribution in [0, 0.1) is 0 Å². The Morgan fingerprint density at radius 2 is 1.71 bits per heavy atom. The van der Waals surface area contributed by atoms with Gasteiger partial charge in [0, 0.05) is 13.2 Å². The van der Waals surface area contributed by atoms with Crippen LogP contribution in [-0.4, -0.2) is 20.1 Å². The molecule has 0 atom stereocenters. The van der Waals surface area contributed by atoms with Gasteiger partial charge in [0.1, 0.15) is 0 Å². The highest BCUT2D eigenvalue weighted by atomic mass is 32.2. The maximum atomic E-state index is 12.4. The minimum Gasteiger partial charge on any atom is -0.396 e. The molecule has 0 saturated carbocycles. The minimum absolute atomic E-state index is 0.0378. The molecule has 2 aromatic rings. The fourth-order valence-electron chi connectivity index (χ4n) is 1.97. The second kappa shape index (κ2) is 6.71. The zero-order valence-corrected chi connectivity index (χ0v) is 12.3. The van der Waals surface area contributed by atoms with Crippen LogP contribution in [-0.2, 0) is 23.0 Å². The molecular weight excluding hydrogens is 288 g/mol. The van der Waals surface area contributed by atoms with Crippen LogP contribution in [0.3, 0.4) is 0 Å². The first-order valence-corrected chi connectivity index (χ1v) is 8.06. The number of aliphatic hydroxyl groups is 1. The van der Waals surface area contributed by atoms with E-state index in [0.29, 0.717) is 18.7 Å². The normalized spacial score (nSPS) is 11.3. The third-order valence-corrected chi connectivity index (χ3v) is 4.49. The molecule has 2 rings (SSSR count). The van der Waals surface area contributed by atoms with Crippen molar-refractivity contribution in [2.45, 2.75) is 17.9 Å². The van der Waals surface area contributed by atoms with E-state index in [1.165, 1.54) is 12.1 Å². The molecule has 0 bridgehead atoms. The van der Waals surface area contributed by atoms with Gasteiger partial charge in [0.15, 0.2) is 0 Å². The van der Waals surface area contributed by atoms with Crippen LogP contribution in [0.5, 0.6) is 0 Å². The van der Waals surface area contributed by atoms with Crippen LogP contribution >= 0.6 is 0 Å². The highest BCUT2D eigenvalue weighted by molar-refractivity contribution is 7.92. The zero-order chi connectivity index (χ0) is 15.3. The maximum Gasteiger partial charge on any atom is 0.261 e. The molecule has 0 aliphatic carbocycles. The van der Waals surface area contributed by atoms with Crippen molar-refractivity contribution in [3.05, 3.63) is 59.7 Å². The van der Waals surface area contributed by atoms with Gasteiger partial charge in [-0.2, -0.15) is 0 Å². The average molecular weight is 306 g/mol. The summed E-state index contributed by atoms with van der Waals surface area (Å²) in [6, 6.07) is 13.4. The molecule has 6 heteroatoms. The van der Waals surface area contributed by atoms with E-state index < -0.39 is 10.0 Å². The summed E-state index contributed by atoms with van der Waals surface area (Å²) >= 11 is 0. The van der Waals surface area contributed by atoms with Gasteiger partial charge < -0.3 is 10.8 Å². The quantitative estimate of drug-likeness (QED) is 0.753. The van der Waals surface area contributed by atoms with E-state index in [2.05, 4.69) is 4.72 Å². The van der Waals surface area contributed by atoms with Crippen molar-refractivity contribution in [3.63, 3.8) is 0 Å². The molecule has 0 fully saturated rings.